The number of ether oxygens (including phenoxy) is 1. The van der Waals surface area contributed by atoms with Crippen molar-refractivity contribution in [3.63, 3.8) is 0 Å². The first-order valence-electron chi connectivity index (χ1n) is 9.58. The van der Waals surface area contributed by atoms with E-state index in [2.05, 4.69) is 10.3 Å². The van der Waals surface area contributed by atoms with Gasteiger partial charge in [-0.25, -0.2) is 13.8 Å². The first-order valence-corrected chi connectivity index (χ1v) is 9.58. The van der Waals surface area contributed by atoms with E-state index in [1.54, 1.807) is 54.6 Å². The zero-order chi connectivity index (χ0) is 21.6. The Morgan fingerprint density at radius 3 is 2.55 bits per heavy atom. The molecule has 4 rings (SSSR count). The van der Waals surface area contributed by atoms with E-state index in [0.717, 1.165) is 0 Å². The first-order chi connectivity index (χ1) is 15.1. The largest absolute Gasteiger partial charge is 0.492 e. The number of halogens is 2. The number of hydrogen-bond donors (Lipinski definition) is 1. The fourth-order valence-corrected chi connectivity index (χ4v) is 3.04. The monoisotopic (exact) mass is 420 g/mol. The lowest BCUT2D eigenvalue weighted by molar-refractivity contribution is 0.0947. The molecule has 1 heterocycles. The Labute approximate surface area is 177 Å². The molecule has 1 aromatic heterocycles. The van der Waals surface area contributed by atoms with Gasteiger partial charge in [0.15, 0.2) is 5.76 Å². The van der Waals surface area contributed by atoms with Gasteiger partial charge in [-0.05, 0) is 36.4 Å². The Morgan fingerprint density at radius 2 is 1.74 bits per heavy atom. The summed E-state index contributed by atoms with van der Waals surface area (Å²) >= 11 is 0. The zero-order valence-electron chi connectivity index (χ0n) is 16.3. The second-order valence-corrected chi connectivity index (χ2v) is 6.62. The van der Waals surface area contributed by atoms with Gasteiger partial charge in [-0.1, -0.05) is 30.3 Å². The average molecular weight is 420 g/mol. The van der Waals surface area contributed by atoms with Gasteiger partial charge >= 0.3 is 0 Å². The topological polar surface area (TPSA) is 64.4 Å². The number of carbonyl (C=O) groups excluding carboxylic acids is 1. The summed E-state index contributed by atoms with van der Waals surface area (Å²) in [5, 5.41) is 2.75. The van der Waals surface area contributed by atoms with Crippen LogP contribution in [-0.4, -0.2) is 24.0 Å². The highest BCUT2D eigenvalue weighted by molar-refractivity contribution is 6.00. The number of nitrogens with zero attached hydrogens (tertiary/aromatic N) is 1. The van der Waals surface area contributed by atoms with Crippen LogP contribution in [0.3, 0.4) is 0 Å². The summed E-state index contributed by atoms with van der Waals surface area (Å²) in [7, 11) is 0. The van der Waals surface area contributed by atoms with Crippen molar-refractivity contribution in [2.75, 3.05) is 13.2 Å². The molecule has 0 saturated heterocycles. The molecule has 156 valence electrons. The second-order valence-electron chi connectivity index (χ2n) is 6.62. The summed E-state index contributed by atoms with van der Waals surface area (Å²) in [5.74, 6) is -0.295. The fraction of sp³-hybridized carbons (Fsp3) is 0.0833. The third-order valence-corrected chi connectivity index (χ3v) is 4.50. The van der Waals surface area contributed by atoms with Gasteiger partial charge in [0.25, 0.3) is 5.91 Å². The van der Waals surface area contributed by atoms with Crippen molar-refractivity contribution >= 4 is 5.91 Å². The number of nitrogens with one attached hydrogen (secondary N) is 1. The number of benzene rings is 3. The molecule has 0 radical (unpaired) electrons. The van der Waals surface area contributed by atoms with Crippen LogP contribution in [0.25, 0.3) is 22.8 Å². The molecule has 7 heteroatoms. The fourth-order valence-electron chi connectivity index (χ4n) is 3.04. The molecule has 4 aromatic rings. The minimum atomic E-state index is -0.422. The van der Waals surface area contributed by atoms with Gasteiger partial charge in [-0.15, -0.1) is 0 Å². The molecule has 0 fully saturated rings. The van der Waals surface area contributed by atoms with E-state index in [4.69, 9.17) is 9.15 Å². The highest BCUT2D eigenvalue weighted by Crippen LogP contribution is 2.29. The Kier molecular flexibility index (Phi) is 6.03. The van der Waals surface area contributed by atoms with Gasteiger partial charge in [0.2, 0.25) is 5.89 Å². The summed E-state index contributed by atoms with van der Waals surface area (Å²) in [6.45, 7) is 0.392. The Morgan fingerprint density at radius 1 is 0.968 bits per heavy atom. The van der Waals surface area contributed by atoms with Crippen LogP contribution >= 0.6 is 0 Å². The van der Waals surface area contributed by atoms with Crippen molar-refractivity contribution in [3.05, 3.63) is 96.2 Å². The van der Waals surface area contributed by atoms with Crippen molar-refractivity contribution in [1.29, 1.82) is 0 Å². The summed E-state index contributed by atoms with van der Waals surface area (Å²) in [6.07, 6.45) is 1.43. The molecule has 3 aromatic carbocycles. The molecule has 0 aliphatic rings. The van der Waals surface area contributed by atoms with E-state index >= 15 is 0 Å². The third kappa shape index (κ3) is 4.78. The van der Waals surface area contributed by atoms with Crippen molar-refractivity contribution < 1.29 is 22.7 Å². The summed E-state index contributed by atoms with van der Waals surface area (Å²) in [4.78, 5) is 16.9. The van der Waals surface area contributed by atoms with Crippen LogP contribution in [-0.2, 0) is 0 Å². The van der Waals surface area contributed by atoms with E-state index in [1.807, 2.05) is 0 Å². The maximum absolute atomic E-state index is 14.0. The van der Waals surface area contributed by atoms with Crippen LogP contribution in [0, 0.1) is 11.6 Å². The molecule has 31 heavy (non-hydrogen) atoms. The lowest BCUT2D eigenvalue weighted by Gasteiger charge is -2.09. The van der Waals surface area contributed by atoms with E-state index in [1.165, 1.54) is 24.4 Å². The molecule has 0 atom stereocenters. The number of aromatic nitrogens is 1. The molecule has 5 nitrogen and oxygen atoms in total. The average Bonchev–Trinajstić information content (AvgIpc) is 3.27. The van der Waals surface area contributed by atoms with Gasteiger partial charge in [0.1, 0.15) is 24.0 Å². The number of rotatable bonds is 7. The maximum Gasteiger partial charge on any atom is 0.252 e. The SMILES string of the molecule is O=C(NCCOc1cccc(F)c1)c1ccccc1-c1ncc(-c2ccccc2F)o1. The van der Waals surface area contributed by atoms with Crippen molar-refractivity contribution in [2.45, 2.75) is 0 Å². The predicted octanol–water partition coefficient (Wildman–Crippen LogP) is 5.10. The van der Waals surface area contributed by atoms with Crippen LogP contribution in [0.5, 0.6) is 5.75 Å². The lowest BCUT2D eigenvalue weighted by atomic mass is 10.1. The smallest absolute Gasteiger partial charge is 0.252 e. The van der Waals surface area contributed by atoms with Gasteiger partial charge in [0.05, 0.1) is 23.9 Å². The molecule has 0 spiro atoms. The highest BCUT2D eigenvalue weighted by Gasteiger charge is 2.17. The number of hydrogen-bond acceptors (Lipinski definition) is 4. The van der Waals surface area contributed by atoms with Gasteiger partial charge in [0, 0.05) is 11.6 Å². The van der Waals surface area contributed by atoms with Gasteiger partial charge < -0.3 is 14.5 Å². The molecular weight excluding hydrogens is 402 g/mol. The molecule has 1 amide bonds. The van der Waals surface area contributed by atoms with Crippen LogP contribution in [0.1, 0.15) is 10.4 Å². The molecule has 0 aliphatic carbocycles. The highest BCUT2D eigenvalue weighted by atomic mass is 19.1. The van der Waals surface area contributed by atoms with Crippen molar-refractivity contribution in [2.24, 2.45) is 0 Å². The van der Waals surface area contributed by atoms with Crippen molar-refractivity contribution in [3.8, 4) is 28.5 Å². The summed E-state index contributed by atoms with van der Waals surface area (Å²) in [6, 6.07) is 18.8. The summed E-state index contributed by atoms with van der Waals surface area (Å²) < 4.78 is 38.4. The maximum atomic E-state index is 14.0. The quantitative estimate of drug-likeness (QED) is 0.423. The standard InChI is InChI=1S/C24H18F2N2O3/c25-16-6-5-7-17(14-16)30-13-12-27-23(29)18-8-1-2-9-19(18)24-28-15-22(31-24)20-10-3-4-11-21(20)26/h1-11,14-15H,12-13H2,(H,27,29). The predicted molar refractivity (Wildman–Crippen MR) is 112 cm³/mol. The molecule has 1 N–H and O–H groups in total. The van der Waals surface area contributed by atoms with Crippen LogP contribution in [0.2, 0.25) is 0 Å². The second kappa shape index (κ2) is 9.21. The number of oxazole rings is 1. The van der Waals surface area contributed by atoms with Crippen LogP contribution in [0.4, 0.5) is 8.78 Å². The van der Waals surface area contributed by atoms with E-state index in [9.17, 15) is 13.6 Å². The van der Waals surface area contributed by atoms with Gasteiger partial charge in [-0.2, -0.15) is 0 Å². The van der Waals surface area contributed by atoms with Crippen LogP contribution in [0.15, 0.2) is 83.4 Å². The first kappa shape index (κ1) is 20.3. The third-order valence-electron chi connectivity index (χ3n) is 4.50. The Bertz CT molecular complexity index is 1210. The number of amides is 1. The normalized spacial score (nSPS) is 10.6. The van der Waals surface area contributed by atoms with E-state index < -0.39 is 11.6 Å². The molecule has 0 saturated carbocycles. The van der Waals surface area contributed by atoms with E-state index in [0.29, 0.717) is 16.9 Å². The van der Waals surface area contributed by atoms with Crippen molar-refractivity contribution in [1.82, 2.24) is 10.3 Å². The molecular formula is C24H18F2N2O3. The van der Waals surface area contributed by atoms with Crippen LogP contribution < -0.4 is 10.1 Å². The molecule has 0 aliphatic heterocycles. The number of carbonyl (C=O) groups is 1. The summed E-state index contributed by atoms with van der Waals surface area (Å²) in [5.41, 5.74) is 1.13. The van der Waals surface area contributed by atoms with Gasteiger partial charge in [-0.3, -0.25) is 4.79 Å². The molecule has 0 unspecified atom stereocenters. The Balaban J connectivity index is 1.45. The zero-order valence-corrected chi connectivity index (χ0v) is 16.3. The Hall–Kier alpha value is -4.00. The lowest BCUT2D eigenvalue weighted by Crippen LogP contribution is -2.28. The van der Waals surface area contributed by atoms with E-state index in [-0.39, 0.29) is 36.3 Å². The molecule has 0 bridgehead atoms. The minimum absolute atomic E-state index is 0.174. The minimum Gasteiger partial charge on any atom is -0.492 e.